The van der Waals surface area contributed by atoms with Crippen LogP contribution in [0.2, 0.25) is 13.1 Å². The van der Waals surface area contributed by atoms with Crippen LogP contribution in [0.25, 0.3) is 78.2 Å². The molecule has 0 amide bonds. The predicted molar refractivity (Wildman–Crippen MR) is 260 cm³/mol. The molecule has 0 aromatic heterocycles. The van der Waals surface area contributed by atoms with E-state index in [2.05, 4.69) is 223 Å². The minimum absolute atomic E-state index is 0.484. The van der Waals surface area contributed by atoms with Crippen LogP contribution in [0.1, 0.15) is 57.2 Å². The second-order valence-electron chi connectivity index (χ2n) is 17.9. The van der Waals surface area contributed by atoms with Crippen LogP contribution < -0.4 is 0 Å². The van der Waals surface area contributed by atoms with Crippen molar-refractivity contribution >= 4 is 39.6 Å². The molecule has 0 heterocycles. The molecule has 60 heavy (non-hydrogen) atoms. The van der Waals surface area contributed by atoms with Crippen molar-refractivity contribution in [2.24, 2.45) is 11.8 Å². The molecule has 0 nitrogen and oxygen atoms in total. The van der Waals surface area contributed by atoms with E-state index >= 15 is 0 Å². The summed E-state index contributed by atoms with van der Waals surface area (Å²) < 4.78 is 1.12. The van der Waals surface area contributed by atoms with Gasteiger partial charge in [0, 0.05) is 0 Å². The molecule has 0 saturated carbocycles. The summed E-state index contributed by atoms with van der Waals surface area (Å²) in [6.45, 7) is 15.3. The predicted octanol–water partition coefficient (Wildman–Crippen LogP) is 16.2. The van der Waals surface area contributed by atoms with Crippen LogP contribution in [-0.4, -0.2) is 5.92 Å². The fourth-order valence-corrected chi connectivity index (χ4v) is 34.1. The molecule has 0 aliphatic heterocycles. The number of rotatable bonds is 9. The molecule has 0 saturated heterocycles. The molecular weight excluding hydrogens is 816 g/mol. The Morgan fingerprint density at radius 1 is 0.367 bits per heavy atom. The van der Waals surface area contributed by atoms with Gasteiger partial charge >= 0.3 is 368 Å². The van der Waals surface area contributed by atoms with Crippen molar-refractivity contribution in [2.75, 3.05) is 0 Å². The minimum atomic E-state index is -2.41. The van der Waals surface area contributed by atoms with Crippen LogP contribution in [0.3, 0.4) is 0 Å². The van der Waals surface area contributed by atoms with E-state index in [4.69, 9.17) is 0 Å². The van der Waals surface area contributed by atoms with Crippen LogP contribution in [0.15, 0.2) is 181 Å². The van der Waals surface area contributed by atoms with E-state index in [-0.39, 0.29) is 0 Å². The molecule has 0 spiro atoms. The Labute approximate surface area is 365 Å². The second kappa shape index (κ2) is 16.0. The molecular formula is C58H53SiZr. The summed E-state index contributed by atoms with van der Waals surface area (Å²) in [5.41, 5.74) is 20.2. The fourth-order valence-electron chi connectivity index (χ4n) is 10.7. The summed E-state index contributed by atoms with van der Waals surface area (Å²) >= 11 is -2.41. The first-order chi connectivity index (χ1) is 29.3. The normalized spacial score (nSPS) is 15.8. The summed E-state index contributed by atoms with van der Waals surface area (Å²) in [7, 11) is 0. The van der Waals surface area contributed by atoms with Gasteiger partial charge in [0.05, 0.1) is 0 Å². The van der Waals surface area contributed by atoms with Gasteiger partial charge in [-0.2, -0.15) is 0 Å². The quantitative estimate of drug-likeness (QED) is 0.127. The molecule has 2 aliphatic carbocycles. The maximum atomic E-state index is 2.71. The van der Waals surface area contributed by atoms with Gasteiger partial charge in [-0.1, -0.05) is 0 Å². The first-order valence-corrected chi connectivity index (χ1v) is 32.0. The van der Waals surface area contributed by atoms with Gasteiger partial charge in [0.1, 0.15) is 0 Å². The molecule has 2 unspecified atom stereocenters. The van der Waals surface area contributed by atoms with Crippen molar-refractivity contribution in [3.63, 3.8) is 0 Å². The molecule has 8 aromatic carbocycles. The summed E-state index contributed by atoms with van der Waals surface area (Å²) in [4.78, 5) is 0. The van der Waals surface area contributed by atoms with Gasteiger partial charge in [-0.15, -0.1) is 0 Å². The molecule has 10 rings (SSSR count). The molecule has 2 aliphatic rings. The van der Waals surface area contributed by atoms with Crippen molar-refractivity contribution < 1.29 is 20.9 Å². The van der Waals surface area contributed by atoms with Gasteiger partial charge < -0.3 is 0 Å². The first-order valence-electron chi connectivity index (χ1n) is 22.0. The number of hydrogen-bond donors (Lipinski definition) is 0. The van der Waals surface area contributed by atoms with Crippen molar-refractivity contribution in [3.8, 4) is 44.5 Å². The van der Waals surface area contributed by atoms with Crippen molar-refractivity contribution in [1.29, 1.82) is 0 Å². The van der Waals surface area contributed by atoms with E-state index in [1.165, 1.54) is 77.2 Å². The number of hydrogen-bond acceptors (Lipinski definition) is 0. The van der Waals surface area contributed by atoms with E-state index in [0.717, 1.165) is 0 Å². The third-order valence-electron chi connectivity index (χ3n) is 13.5. The average molecular weight is 869 g/mol. The fraction of sp³-hybridized carbons (Fsp3) is 0.172. The Hall–Kier alpha value is -5.14. The van der Waals surface area contributed by atoms with E-state index in [0.29, 0.717) is 19.1 Å². The molecule has 2 atom stereocenters. The van der Waals surface area contributed by atoms with Gasteiger partial charge in [0.15, 0.2) is 0 Å². The number of allylic oxidation sites excluding steroid dienone is 2. The van der Waals surface area contributed by atoms with Gasteiger partial charge in [-0.05, 0) is 0 Å². The maximum absolute atomic E-state index is 2.71. The zero-order chi connectivity index (χ0) is 41.1. The summed E-state index contributed by atoms with van der Waals surface area (Å²) in [5, 5.41) is 5.19. The summed E-state index contributed by atoms with van der Waals surface area (Å²) in [5.74, 6) is -0.138. The van der Waals surface area contributed by atoms with Gasteiger partial charge in [-0.3, -0.25) is 0 Å². The zero-order valence-electron chi connectivity index (χ0n) is 35.7. The third-order valence-corrected chi connectivity index (χ3v) is 35.0. The Morgan fingerprint density at radius 3 is 1.08 bits per heavy atom. The molecule has 0 radical (unpaired) electrons. The van der Waals surface area contributed by atoms with Gasteiger partial charge in [-0.25, -0.2) is 0 Å². The van der Waals surface area contributed by atoms with E-state index in [9.17, 15) is 0 Å². The monoisotopic (exact) mass is 867 g/mol. The average Bonchev–Trinajstić information content (AvgIpc) is 3.86. The molecule has 293 valence electrons. The number of benzene rings is 8. The van der Waals surface area contributed by atoms with E-state index < -0.39 is 26.8 Å². The Kier molecular flexibility index (Phi) is 10.4. The topological polar surface area (TPSA) is 0 Å². The van der Waals surface area contributed by atoms with Crippen LogP contribution >= 0.6 is 0 Å². The molecule has 0 bridgehead atoms. The van der Waals surface area contributed by atoms with Crippen LogP contribution in [-0.2, 0) is 20.9 Å². The summed E-state index contributed by atoms with van der Waals surface area (Å²) in [6, 6.07) is 64.1. The number of fused-ring (bicyclic) bond motifs is 4. The van der Waals surface area contributed by atoms with Crippen molar-refractivity contribution in [3.05, 3.63) is 203 Å². The van der Waals surface area contributed by atoms with Crippen molar-refractivity contribution in [1.82, 2.24) is 0 Å². The summed E-state index contributed by atoms with van der Waals surface area (Å²) in [6.07, 6.45) is 5.34. The van der Waals surface area contributed by atoms with Gasteiger partial charge in [0.25, 0.3) is 0 Å². The van der Waals surface area contributed by atoms with E-state index in [1.54, 1.807) is 22.3 Å². The third kappa shape index (κ3) is 6.59. The van der Waals surface area contributed by atoms with E-state index in [1.807, 2.05) is 0 Å². The molecule has 2 heteroatoms. The Bertz CT molecular complexity index is 2790. The van der Waals surface area contributed by atoms with Crippen LogP contribution in [0.5, 0.6) is 0 Å². The van der Waals surface area contributed by atoms with Crippen LogP contribution in [0.4, 0.5) is 0 Å². The first kappa shape index (κ1) is 39.0. The molecule has 0 N–H and O–H groups in total. The molecule has 8 aromatic rings. The van der Waals surface area contributed by atoms with Crippen molar-refractivity contribution in [2.45, 2.75) is 48.0 Å². The SMILES string of the molecule is CC(C)C1=Cc2c(-c3ccccc3-c3cccc4ccccc34)cccc2[CH]1[Zr]([CH]1C(C(C)C)=Cc2c(-c3ccccc3-c3cccc4ccccc34)cccc21)[SiH](C)C. The van der Waals surface area contributed by atoms with Gasteiger partial charge in [0.2, 0.25) is 0 Å². The zero-order valence-corrected chi connectivity index (χ0v) is 39.3. The Morgan fingerprint density at radius 2 is 0.683 bits per heavy atom. The van der Waals surface area contributed by atoms with Crippen LogP contribution in [0, 0.1) is 11.8 Å². The second-order valence-corrected chi connectivity index (χ2v) is 37.9. The molecule has 0 fully saturated rings. The standard InChI is InChI=1S/2C28H23.C2H7Si.Zr/c2*1-19(2)22-17-21-11-8-16-27(28(21)18-22)26-14-6-5-13-25(26)24-15-7-10-20-9-3-4-12-23(20)24;1-3-2;/h2*3-19H,1-2H3;3H,1-2H3;. The Balaban J connectivity index is 1.12.